The highest BCUT2D eigenvalue weighted by Gasteiger charge is 2.25. The molecule has 1 aliphatic rings. The molecule has 0 saturated carbocycles. The van der Waals surface area contributed by atoms with Gasteiger partial charge in [0.15, 0.2) is 0 Å². The lowest BCUT2D eigenvalue weighted by atomic mass is 10.1. The molecular weight excluding hydrogens is 534 g/mol. The molecule has 1 atom stereocenters. The summed E-state index contributed by atoms with van der Waals surface area (Å²) in [5.74, 6) is 0.134. The summed E-state index contributed by atoms with van der Waals surface area (Å²) in [5, 5.41) is 12.6. The molecule has 29 heavy (non-hydrogen) atoms. The summed E-state index contributed by atoms with van der Waals surface area (Å²) < 4.78 is 4.74. The Hall–Kier alpha value is -1.43. The van der Waals surface area contributed by atoms with E-state index in [0.717, 1.165) is 5.69 Å². The molecule has 8 nitrogen and oxygen atoms in total. The summed E-state index contributed by atoms with van der Waals surface area (Å²) in [6.07, 6.45) is 0.715. The maximum atomic E-state index is 12.2. The molecule has 11 heteroatoms. The summed E-state index contributed by atoms with van der Waals surface area (Å²) in [6, 6.07) is 5.25. The summed E-state index contributed by atoms with van der Waals surface area (Å²) >= 11 is 13.6. The zero-order valence-electron chi connectivity index (χ0n) is 15.7. The number of ether oxygens (including phenoxy) is 1. The minimum atomic E-state index is -0.325. The second-order valence-corrected chi connectivity index (χ2v) is 8.43. The fraction of sp³-hybridized carbons (Fsp3) is 0.444. The summed E-state index contributed by atoms with van der Waals surface area (Å²) in [7, 11) is 0. The Bertz CT molecular complexity index is 806. The number of carbonyl (C=O) groups is 3. The molecule has 2 N–H and O–H groups in total. The first-order valence-electron chi connectivity index (χ1n) is 8.90. The van der Waals surface area contributed by atoms with Crippen LogP contribution in [0.25, 0.3) is 0 Å². The maximum absolute atomic E-state index is 12.2. The number of amidine groups is 1. The van der Waals surface area contributed by atoms with Crippen molar-refractivity contribution < 1.29 is 19.1 Å². The third kappa shape index (κ3) is 8.07. The van der Waals surface area contributed by atoms with Crippen LogP contribution in [0, 0.1) is 5.92 Å². The Morgan fingerprint density at radius 3 is 2.69 bits per heavy atom. The number of halogens is 3. The smallest absolute Gasteiger partial charge is 0.246 e. The first-order chi connectivity index (χ1) is 13.8. The lowest BCUT2D eigenvalue weighted by molar-refractivity contribution is -0.127. The molecule has 0 spiro atoms. The predicted octanol–water partition coefficient (Wildman–Crippen LogP) is 2.75. The van der Waals surface area contributed by atoms with Gasteiger partial charge in [0.25, 0.3) is 0 Å². The van der Waals surface area contributed by atoms with Crippen LogP contribution in [0.5, 0.6) is 0 Å². The number of nitrogens with zero attached hydrogens (tertiary/aromatic N) is 2. The van der Waals surface area contributed by atoms with Crippen molar-refractivity contribution in [3.63, 3.8) is 0 Å². The van der Waals surface area contributed by atoms with Crippen molar-refractivity contribution in [3.05, 3.63) is 28.2 Å². The monoisotopic (exact) mass is 554 g/mol. The average Bonchev–Trinajstić information content (AvgIpc) is 3.01. The molecule has 2 rings (SSSR count). The van der Waals surface area contributed by atoms with Crippen LogP contribution in [0.2, 0.25) is 10.0 Å². The van der Waals surface area contributed by atoms with E-state index in [-0.39, 0.29) is 41.2 Å². The van der Waals surface area contributed by atoms with Gasteiger partial charge in [0, 0.05) is 41.5 Å². The molecule has 1 heterocycles. The number of hydrogen-bond acceptors (Lipinski definition) is 6. The molecule has 0 bridgehead atoms. The van der Waals surface area contributed by atoms with Crippen molar-refractivity contribution in [2.45, 2.75) is 19.8 Å². The van der Waals surface area contributed by atoms with Crippen LogP contribution in [0.4, 0.5) is 5.69 Å². The van der Waals surface area contributed by atoms with Crippen LogP contribution in [-0.4, -0.2) is 47.7 Å². The van der Waals surface area contributed by atoms with Gasteiger partial charge in [-0.3, -0.25) is 19.4 Å². The molecule has 0 aromatic heterocycles. The first-order valence-corrected chi connectivity index (χ1v) is 10.7. The zero-order chi connectivity index (χ0) is 21.4. The van der Waals surface area contributed by atoms with Gasteiger partial charge in [-0.05, 0) is 24.6 Å². The van der Waals surface area contributed by atoms with Gasteiger partial charge in [0.2, 0.25) is 15.6 Å². The van der Waals surface area contributed by atoms with Gasteiger partial charge in [-0.25, -0.2) is 0 Å². The highest BCUT2D eigenvalue weighted by Crippen LogP contribution is 2.29. The molecule has 0 saturated heterocycles. The molecule has 0 radical (unpaired) electrons. The Labute approximate surface area is 192 Å². The number of hydrazone groups is 1. The number of benzene rings is 1. The van der Waals surface area contributed by atoms with Crippen molar-refractivity contribution in [1.29, 1.82) is 0 Å². The molecule has 2 amide bonds. The number of amides is 2. The average molecular weight is 555 g/mol. The third-order valence-electron chi connectivity index (χ3n) is 3.96. The summed E-state index contributed by atoms with van der Waals surface area (Å²) in [5.41, 5.74) is 0.796. The van der Waals surface area contributed by atoms with E-state index in [1.165, 1.54) is 0 Å². The molecule has 0 fully saturated rings. The number of carbonyl (C=O) groups excluding carboxylic acids is 3. The molecule has 1 aromatic carbocycles. The van der Waals surface area contributed by atoms with Crippen molar-refractivity contribution in [1.82, 2.24) is 10.6 Å². The largest absolute Gasteiger partial charge is 0.363 e. The van der Waals surface area contributed by atoms with E-state index in [4.69, 9.17) is 27.9 Å². The van der Waals surface area contributed by atoms with Crippen molar-refractivity contribution in [3.8, 4) is 0 Å². The van der Waals surface area contributed by atoms with E-state index in [0.29, 0.717) is 35.4 Å². The number of anilines is 1. The van der Waals surface area contributed by atoms with E-state index in [1.54, 1.807) is 39.7 Å². The van der Waals surface area contributed by atoms with Gasteiger partial charge < -0.3 is 15.4 Å². The topological polar surface area (TPSA) is 100 Å². The Morgan fingerprint density at radius 2 is 2.00 bits per heavy atom. The first kappa shape index (κ1) is 23.8. The summed E-state index contributed by atoms with van der Waals surface area (Å²) in [6.45, 7) is 2.64. The van der Waals surface area contributed by atoms with E-state index in [2.05, 4.69) is 15.7 Å². The van der Waals surface area contributed by atoms with Crippen LogP contribution in [-0.2, 0) is 19.1 Å². The van der Waals surface area contributed by atoms with Crippen LogP contribution >= 0.6 is 45.8 Å². The van der Waals surface area contributed by atoms with E-state index in [1.807, 2.05) is 13.0 Å². The van der Waals surface area contributed by atoms with Crippen LogP contribution in [0.1, 0.15) is 19.8 Å². The van der Waals surface area contributed by atoms with Crippen molar-refractivity contribution >= 4 is 72.9 Å². The second kappa shape index (κ2) is 11.7. The van der Waals surface area contributed by atoms with Crippen molar-refractivity contribution in [2.75, 3.05) is 31.3 Å². The van der Waals surface area contributed by atoms with Gasteiger partial charge in [0.1, 0.15) is 19.0 Å². The zero-order valence-corrected chi connectivity index (χ0v) is 19.4. The van der Waals surface area contributed by atoms with Crippen molar-refractivity contribution in [2.24, 2.45) is 11.0 Å². The van der Waals surface area contributed by atoms with Gasteiger partial charge in [-0.2, -0.15) is 5.10 Å². The Morgan fingerprint density at radius 1 is 1.24 bits per heavy atom. The Kier molecular flexibility index (Phi) is 9.60. The number of hydrogen-bond donors (Lipinski definition) is 2. The minimum Gasteiger partial charge on any atom is -0.363 e. The van der Waals surface area contributed by atoms with E-state index in [9.17, 15) is 14.4 Å². The van der Waals surface area contributed by atoms with E-state index >= 15 is 0 Å². The van der Waals surface area contributed by atoms with Gasteiger partial charge in [-0.15, -0.1) is 0 Å². The van der Waals surface area contributed by atoms with Crippen LogP contribution in [0.3, 0.4) is 0 Å². The molecule has 158 valence electrons. The normalized spacial score (nSPS) is 15.8. The SMILES string of the molecule is CC1CN(c2ccc(Cl)c(Cl)c2)N=C1NC(=O)CCCNC(=O)COCC(=O)I. The van der Waals surface area contributed by atoms with Crippen LogP contribution in [0.15, 0.2) is 23.3 Å². The lowest BCUT2D eigenvalue weighted by Crippen LogP contribution is -2.34. The highest BCUT2D eigenvalue weighted by atomic mass is 127. The minimum absolute atomic E-state index is 0.0471. The number of nitrogens with one attached hydrogen (secondary N) is 2. The van der Waals surface area contributed by atoms with E-state index < -0.39 is 0 Å². The second-order valence-electron chi connectivity index (χ2n) is 6.42. The van der Waals surface area contributed by atoms with Gasteiger partial charge >= 0.3 is 0 Å². The molecule has 1 aliphatic heterocycles. The predicted molar refractivity (Wildman–Crippen MR) is 121 cm³/mol. The van der Waals surface area contributed by atoms with Crippen LogP contribution < -0.4 is 15.6 Å². The maximum Gasteiger partial charge on any atom is 0.246 e. The van der Waals surface area contributed by atoms with Gasteiger partial charge in [-0.1, -0.05) is 30.1 Å². The lowest BCUT2D eigenvalue weighted by Gasteiger charge is -2.14. The fourth-order valence-corrected chi connectivity index (χ4v) is 3.04. The quantitative estimate of drug-likeness (QED) is 0.278. The molecular formula is C18H21Cl2IN4O4. The molecule has 1 aromatic rings. The number of rotatable bonds is 9. The molecule has 0 aliphatic carbocycles. The highest BCUT2D eigenvalue weighted by molar-refractivity contribution is 14.1. The fourth-order valence-electron chi connectivity index (χ4n) is 2.53. The summed E-state index contributed by atoms with van der Waals surface area (Å²) in [4.78, 5) is 34.4. The standard InChI is InChI=1S/C18H21Cl2IN4O4/c1-11-8-25(12-4-5-13(19)14(20)7-12)24-18(11)23-16(27)3-2-6-22-17(28)10-29-9-15(21)26/h4-5,7,11H,2-3,6,8-10H2,1H3,(H,22,28)(H,23,24,27). The van der Waals surface area contributed by atoms with Gasteiger partial charge in [0.05, 0.1) is 22.3 Å². The molecule has 1 unspecified atom stereocenters. The third-order valence-corrected chi connectivity index (χ3v) is 5.01. The Balaban J connectivity index is 1.73.